The molecule has 0 heterocycles. The van der Waals surface area contributed by atoms with E-state index in [0.717, 1.165) is 0 Å². The SMILES string of the molecule is O.[Ca+2].[O-]P([O-])O. The molecule has 0 saturated heterocycles. The summed E-state index contributed by atoms with van der Waals surface area (Å²) < 4.78 is 0. The molecule has 0 radical (unpaired) electrons. The van der Waals surface area contributed by atoms with Crippen LogP contribution < -0.4 is 9.79 Å². The van der Waals surface area contributed by atoms with Gasteiger partial charge in [0.2, 0.25) is 0 Å². The van der Waals surface area contributed by atoms with Crippen LogP contribution >= 0.6 is 8.60 Å². The van der Waals surface area contributed by atoms with E-state index in [9.17, 15) is 0 Å². The molecule has 0 aliphatic carbocycles. The smallest absolute Gasteiger partial charge is 0.820 e. The van der Waals surface area contributed by atoms with Gasteiger partial charge in [-0.3, -0.25) is 0 Å². The Morgan fingerprint density at radius 1 is 1.33 bits per heavy atom. The number of rotatable bonds is 0. The first-order chi connectivity index (χ1) is 1.73. The average molecular weight is 138 g/mol. The summed E-state index contributed by atoms with van der Waals surface area (Å²) in [6.07, 6.45) is 0. The molecule has 0 unspecified atom stereocenters. The van der Waals surface area contributed by atoms with Gasteiger partial charge in [0.25, 0.3) is 0 Å². The van der Waals surface area contributed by atoms with E-state index >= 15 is 0 Å². The van der Waals surface area contributed by atoms with Gasteiger partial charge < -0.3 is 20.2 Å². The molecule has 6 heteroatoms. The fourth-order valence-corrected chi connectivity index (χ4v) is 0. The maximum atomic E-state index is 8.59. The summed E-state index contributed by atoms with van der Waals surface area (Å²) in [7, 11) is -3.12. The van der Waals surface area contributed by atoms with Crippen molar-refractivity contribution in [3.05, 3.63) is 0 Å². The van der Waals surface area contributed by atoms with Gasteiger partial charge >= 0.3 is 37.7 Å². The van der Waals surface area contributed by atoms with Crippen molar-refractivity contribution >= 4 is 46.3 Å². The summed E-state index contributed by atoms with van der Waals surface area (Å²) in [5.74, 6) is 0. The van der Waals surface area contributed by atoms with Crippen LogP contribution in [0.5, 0.6) is 0 Å². The van der Waals surface area contributed by atoms with Crippen molar-refractivity contribution in [2.75, 3.05) is 0 Å². The normalized spacial score (nSPS) is 6.00. The summed E-state index contributed by atoms with van der Waals surface area (Å²) in [6.45, 7) is 0. The van der Waals surface area contributed by atoms with E-state index in [4.69, 9.17) is 14.7 Å². The average Bonchev–Trinajstić information content (AvgIpc) is 0.811. The molecular formula is H3CaO4P. The predicted octanol–water partition coefficient (Wildman–Crippen LogP) is -3.28. The second-order valence-corrected chi connectivity index (χ2v) is 0.714. The summed E-state index contributed by atoms with van der Waals surface area (Å²) in [5, 5.41) is 0. The van der Waals surface area contributed by atoms with Crippen molar-refractivity contribution in [1.29, 1.82) is 0 Å². The van der Waals surface area contributed by atoms with Crippen LogP contribution in [0.1, 0.15) is 0 Å². The van der Waals surface area contributed by atoms with Crippen molar-refractivity contribution in [3.8, 4) is 0 Å². The first-order valence-electron chi connectivity index (χ1n) is 0.565. The molecule has 0 aliphatic rings. The van der Waals surface area contributed by atoms with E-state index in [1.54, 1.807) is 0 Å². The first kappa shape index (κ1) is 15.6. The molecule has 0 amide bonds. The standard InChI is InChI=1S/Ca.HO3P.H2O/c;1-4(2)3;/h;1H;1H2/q+2;-2;. The molecule has 0 aliphatic heterocycles. The summed E-state index contributed by atoms with van der Waals surface area (Å²) in [5.41, 5.74) is 0. The van der Waals surface area contributed by atoms with Crippen molar-refractivity contribution in [2.24, 2.45) is 0 Å². The van der Waals surface area contributed by atoms with Gasteiger partial charge in [-0.25, -0.2) is 0 Å². The minimum atomic E-state index is -3.12. The van der Waals surface area contributed by atoms with Gasteiger partial charge in [-0.15, -0.1) is 0 Å². The maximum absolute atomic E-state index is 8.59. The first-order valence-corrected chi connectivity index (χ1v) is 1.70. The van der Waals surface area contributed by atoms with Crippen LogP contribution in [0.3, 0.4) is 0 Å². The topological polar surface area (TPSA) is 97.9 Å². The third-order valence-electron chi connectivity index (χ3n) is 0. The molecule has 0 rings (SSSR count). The molecular weight excluding hydrogens is 135 g/mol. The monoisotopic (exact) mass is 138 g/mol. The van der Waals surface area contributed by atoms with E-state index in [-0.39, 0.29) is 43.2 Å². The van der Waals surface area contributed by atoms with Gasteiger partial charge in [-0.2, -0.15) is 8.60 Å². The predicted molar refractivity (Wildman–Crippen MR) is 18.5 cm³/mol. The number of hydrogen-bond donors (Lipinski definition) is 1. The van der Waals surface area contributed by atoms with Crippen LogP contribution in [0.25, 0.3) is 0 Å². The van der Waals surface area contributed by atoms with Crippen molar-refractivity contribution < 1.29 is 20.2 Å². The van der Waals surface area contributed by atoms with Gasteiger partial charge in [0.15, 0.2) is 0 Å². The Balaban J connectivity index is -0.0000000450. The van der Waals surface area contributed by atoms with Crippen LogP contribution in [0.15, 0.2) is 0 Å². The maximum Gasteiger partial charge on any atom is 2.00 e. The molecule has 0 saturated carbocycles. The summed E-state index contributed by atoms with van der Waals surface area (Å²) >= 11 is 0. The van der Waals surface area contributed by atoms with Gasteiger partial charge in [-0.05, 0) is 0 Å². The molecule has 34 valence electrons. The summed E-state index contributed by atoms with van der Waals surface area (Å²) in [6, 6.07) is 0. The van der Waals surface area contributed by atoms with Gasteiger partial charge in [0, 0.05) is 0 Å². The third-order valence-corrected chi connectivity index (χ3v) is 0. The van der Waals surface area contributed by atoms with E-state index in [1.165, 1.54) is 0 Å². The quantitative estimate of drug-likeness (QED) is 0.280. The fourth-order valence-electron chi connectivity index (χ4n) is 0. The zero-order valence-corrected chi connectivity index (χ0v) is 6.02. The molecule has 0 aromatic rings. The van der Waals surface area contributed by atoms with Crippen LogP contribution in [0, 0.1) is 0 Å². The van der Waals surface area contributed by atoms with Crippen LogP contribution in [-0.2, 0) is 0 Å². The van der Waals surface area contributed by atoms with E-state index in [0.29, 0.717) is 0 Å². The Morgan fingerprint density at radius 3 is 1.33 bits per heavy atom. The molecule has 6 heavy (non-hydrogen) atoms. The molecule has 0 bridgehead atoms. The largest absolute Gasteiger partial charge is 2.00 e. The van der Waals surface area contributed by atoms with Crippen molar-refractivity contribution in [2.45, 2.75) is 0 Å². The van der Waals surface area contributed by atoms with Gasteiger partial charge in [-0.1, -0.05) is 0 Å². The minimum Gasteiger partial charge on any atom is -0.820 e. The van der Waals surface area contributed by atoms with Gasteiger partial charge in [0.1, 0.15) is 0 Å². The fraction of sp³-hybridized carbons (Fsp3) is 0. The van der Waals surface area contributed by atoms with Crippen LogP contribution in [-0.4, -0.2) is 48.1 Å². The molecule has 4 nitrogen and oxygen atoms in total. The van der Waals surface area contributed by atoms with E-state index in [1.807, 2.05) is 0 Å². The third kappa shape index (κ3) is 48.5. The van der Waals surface area contributed by atoms with E-state index in [2.05, 4.69) is 0 Å². The Hall–Kier alpha value is 1.53. The van der Waals surface area contributed by atoms with E-state index < -0.39 is 8.60 Å². The Morgan fingerprint density at radius 2 is 1.33 bits per heavy atom. The van der Waals surface area contributed by atoms with Crippen molar-refractivity contribution in [1.82, 2.24) is 0 Å². The molecule has 3 N–H and O–H groups in total. The zero-order valence-electron chi connectivity index (χ0n) is 2.92. The molecule has 0 aromatic carbocycles. The second-order valence-electron chi connectivity index (χ2n) is 0.238. The van der Waals surface area contributed by atoms with Gasteiger partial charge in [0.05, 0.1) is 0 Å². The Labute approximate surface area is 66.1 Å². The Bertz CT molecular complexity index is 12.3. The molecule has 0 aromatic heterocycles. The number of hydrogen-bond acceptors (Lipinski definition) is 3. The second kappa shape index (κ2) is 9.73. The van der Waals surface area contributed by atoms with Crippen LogP contribution in [0.4, 0.5) is 0 Å². The minimum absolute atomic E-state index is 0. The molecule has 0 atom stereocenters. The molecule has 0 fully saturated rings. The zero-order chi connectivity index (χ0) is 3.58. The molecule has 0 spiro atoms. The van der Waals surface area contributed by atoms with Crippen LogP contribution in [0.2, 0.25) is 0 Å². The van der Waals surface area contributed by atoms with Crippen molar-refractivity contribution in [3.63, 3.8) is 0 Å². The summed E-state index contributed by atoms with van der Waals surface area (Å²) in [4.78, 5) is 24.2. The Kier molecular flexibility index (Phi) is 25.4.